The molecule has 35 heavy (non-hydrogen) atoms. The van der Waals surface area contributed by atoms with Crippen molar-refractivity contribution in [2.45, 2.75) is 34.6 Å². The van der Waals surface area contributed by atoms with Crippen LogP contribution < -0.4 is 10.6 Å². The van der Waals surface area contributed by atoms with E-state index in [0.29, 0.717) is 11.3 Å². The number of carbonyl (C=O) groups excluding carboxylic acids is 3. The number of benzene rings is 1. The fourth-order valence-corrected chi connectivity index (χ4v) is 4.60. The monoisotopic (exact) mass is 514 g/mol. The maximum Gasteiger partial charge on any atom is 0.348 e. The molecule has 0 aliphatic carbocycles. The molecule has 0 saturated heterocycles. The molecular formula is C25H26N2O6S2. The van der Waals surface area contributed by atoms with E-state index in [4.69, 9.17) is 26.1 Å². The average molecular weight is 515 g/mol. The maximum absolute atomic E-state index is 12.7. The summed E-state index contributed by atoms with van der Waals surface area (Å²) in [4.78, 5) is 37.8. The van der Waals surface area contributed by atoms with Crippen LogP contribution in [0.15, 0.2) is 34.7 Å². The Balaban J connectivity index is 1.77. The molecule has 0 unspecified atom stereocenters. The van der Waals surface area contributed by atoms with Crippen LogP contribution in [0.1, 0.15) is 61.1 Å². The summed E-state index contributed by atoms with van der Waals surface area (Å²) in [7, 11) is 0. The highest BCUT2D eigenvalue weighted by atomic mass is 32.1. The minimum absolute atomic E-state index is 0.0682. The van der Waals surface area contributed by atoms with Crippen molar-refractivity contribution < 1.29 is 28.3 Å². The first-order chi connectivity index (χ1) is 16.7. The predicted octanol–water partition coefficient (Wildman–Crippen LogP) is 5.41. The summed E-state index contributed by atoms with van der Waals surface area (Å²) in [5.74, 6) is -1.11. The molecule has 1 aromatic carbocycles. The molecule has 2 N–H and O–H groups in total. The van der Waals surface area contributed by atoms with Gasteiger partial charge in [-0.25, -0.2) is 9.59 Å². The molecule has 0 aliphatic rings. The average Bonchev–Trinajstić information content (AvgIpc) is 3.41. The first-order valence-corrected chi connectivity index (χ1v) is 12.2. The van der Waals surface area contributed by atoms with Crippen molar-refractivity contribution in [1.82, 2.24) is 5.32 Å². The van der Waals surface area contributed by atoms with Crippen LogP contribution in [0, 0.1) is 20.8 Å². The zero-order valence-corrected chi connectivity index (χ0v) is 21.7. The molecule has 8 nitrogen and oxygen atoms in total. The second-order valence-electron chi connectivity index (χ2n) is 7.57. The smallest absolute Gasteiger partial charge is 0.348 e. The number of amides is 1. The number of ether oxygens (including phenoxy) is 2. The van der Waals surface area contributed by atoms with Gasteiger partial charge in [0.1, 0.15) is 15.6 Å². The molecular weight excluding hydrogens is 488 g/mol. The standard InChI is InChI=1S/C25H26N2O6S2/c1-6-31-23(29)19-15(5)20(24(30)32-7-2)35-22(19)27-25(34)26-21(28)18-11-10-17(33-18)16-9-8-13(3)14(4)12-16/h8-12H,6-7H2,1-5H3,(H2,26,27,28,34). The van der Waals surface area contributed by atoms with Crippen LogP contribution in [-0.4, -0.2) is 36.2 Å². The molecule has 1 amide bonds. The van der Waals surface area contributed by atoms with Gasteiger partial charge in [0.15, 0.2) is 10.9 Å². The highest BCUT2D eigenvalue weighted by molar-refractivity contribution is 7.80. The van der Waals surface area contributed by atoms with Crippen molar-refractivity contribution in [3.8, 4) is 11.3 Å². The highest BCUT2D eigenvalue weighted by Gasteiger charge is 2.27. The third kappa shape index (κ3) is 5.95. The minimum Gasteiger partial charge on any atom is -0.462 e. The van der Waals surface area contributed by atoms with Crippen molar-refractivity contribution >= 4 is 51.5 Å². The summed E-state index contributed by atoms with van der Waals surface area (Å²) in [6.07, 6.45) is 0. The number of furan rings is 1. The first kappa shape index (κ1) is 26.1. The van der Waals surface area contributed by atoms with Gasteiger partial charge in [0.25, 0.3) is 5.91 Å². The van der Waals surface area contributed by atoms with Gasteiger partial charge in [0, 0.05) is 5.56 Å². The molecule has 3 rings (SSSR count). The van der Waals surface area contributed by atoms with Gasteiger partial charge in [-0.3, -0.25) is 10.1 Å². The third-order valence-corrected chi connectivity index (χ3v) is 6.55. The molecule has 0 fully saturated rings. The van der Waals surface area contributed by atoms with Crippen LogP contribution >= 0.6 is 23.6 Å². The van der Waals surface area contributed by atoms with Crippen molar-refractivity contribution in [2.75, 3.05) is 18.5 Å². The topological polar surface area (TPSA) is 107 Å². The van der Waals surface area contributed by atoms with Crippen LogP contribution in [0.3, 0.4) is 0 Å². The van der Waals surface area contributed by atoms with E-state index in [2.05, 4.69) is 10.6 Å². The molecule has 0 atom stereocenters. The van der Waals surface area contributed by atoms with E-state index in [1.54, 1.807) is 32.9 Å². The van der Waals surface area contributed by atoms with Crippen molar-refractivity contribution in [1.29, 1.82) is 0 Å². The van der Waals surface area contributed by atoms with Gasteiger partial charge in [-0.2, -0.15) is 0 Å². The maximum atomic E-state index is 12.7. The van der Waals surface area contributed by atoms with Crippen LogP contribution in [0.5, 0.6) is 0 Å². The quantitative estimate of drug-likeness (QED) is 0.318. The second-order valence-corrected chi connectivity index (χ2v) is 9.00. The van der Waals surface area contributed by atoms with E-state index in [9.17, 15) is 14.4 Å². The third-order valence-electron chi connectivity index (χ3n) is 5.16. The molecule has 3 aromatic rings. The molecule has 0 spiro atoms. The minimum atomic E-state index is -0.613. The van der Waals surface area contributed by atoms with Gasteiger partial charge >= 0.3 is 11.9 Å². The summed E-state index contributed by atoms with van der Waals surface area (Å²) >= 11 is 6.27. The van der Waals surface area contributed by atoms with E-state index in [0.717, 1.165) is 28.0 Å². The molecule has 0 bridgehead atoms. The molecule has 2 aromatic heterocycles. The van der Waals surface area contributed by atoms with Gasteiger partial charge in [-0.1, -0.05) is 12.1 Å². The lowest BCUT2D eigenvalue weighted by molar-refractivity contribution is 0.0527. The number of carbonyl (C=O) groups is 3. The summed E-state index contributed by atoms with van der Waals surface area (Å²) in [5.41, 5.74) is 3.69. The first-order valence-electron chi connectivity index (χ1n) is 10.9. The van der Waals surface area contributed by atoms with Gasteiger partial charge in [-0.05, 0) is 81.7 Å². The van der Waals surface area contributed by atoms with E-state index >= 15 is 0 Å². The van der Waals surface area contributed by atoms with Crippen molar-refractivity contribution in [2.24, 2.45) is 0 Å². The zero-order valence-electron chi connectivity index (χ0n) is 20.1. The van der Waals surface area contributed by atoms with Crippen LogP contribution in [0.4, 0.5) is 5.00 Å². The Morgan fingerprint density at radius 3 is 2.31 bits per heavy atom. The number of aryl methyl sites for hydroxylation is 2. The molecule has 0 saturated carbocycles. The zero-order chi connectivity index (χ0) is 25.7. The number of anilines is 1. The highest BCUT2D eigenvalue weighted by Crippen LogP contribution is 2.34. The molecule has 0 radical (unpaired) electrons. The number of esters is 2. The Morgan fingerprint density at radius 2 is 1.66 bits per heavy atom. The number of nitrogens with one attached hydrogen (secondary N) is 2. The number of rotatable bonds is 7. The molecule has 0 aliphatic heterocycles. The van der Waals surface area contributed by atoms with Gasteiger partial charge < -0.3 is 19.2 Å². The van der Waals surface area contributed by atoms with E-state index in [-0.39, 0.29) is 39.5 Å². The Bertz CT molecular complexity index is 1290. The lowest BCUT2D eigenvalue weighted by Gasteiger charge is -2.09. The number of thiophene rings is 1. The SMILES string of the molecule is CCOC(=O)c1sc(NC(=S)NC(=O)c2ccc(-c3ccc(C)c(C)c3)o2)c(C(=O)OCC)c1C. The van der Waals surface area contributed by atoms with E-state index in [1.807, 2.05) is 32.0 Å². The summed E-state index contributed by atoms with van der Waals surface area (Å²) < 4.78 is 15.9. The fraction of sp³-hybridized carbons (Fsp3) is 0.280. The normalized spacial score (nSPS) is 10.5. The Morgan fingerprint density at radius 1 is 0.971 bits per heavy atom. The van der Waals surface area contributed by atoms with E-state index < -0.39 is 17.8 Å². The molecule has 2 heterocycles. The fourth-order valence-electron chi connectivity index (χ4n) is 3.25. The number of hydrogen-bond acceptors (Lipinski definition) is 8. The largest absolute Gasteiger partial charge is 0.462 e. The lowest BCUT2D eigenvalue weighted by atomic mass is 10.1. The summed E-state index contributed by atoms with van der Waals surface area (Å²) in [6.45, 7) is 9.37. The van der Waals surface area contributed by atoms with Gasteiger partial charge in [0.05, 0.1) is 18.8 Å². The van der Waals surface area contributed by atoms with Gasteiger partial charge in [0.2, 0.25) is 0 Å². The van der Waals surface area contributed by atoms with Gasteiger partial charge in [-0.15, -0.1) is 11.3 Å². The molecule has 184 valence electrons. The predicted molar refractivity (Wildman–Crippen MR) is 138 cm³/mol. The Labute approximate surface area is 212 Å². The summed E-state index contributed by atoms with van der Waals surface area (Å²) in [6, 6.07) is 9.16. The van der Waals surface area contributed by atoms with Crippen molar-refractivity contribution in [3.05, 3.63) is 63.2 Å². The molecule has 10 heteroatoms. The van der Waals surface area contributed by atoms with Crippen LogP contribution in [0.2, 0.25) is 0 Å². The Hall–Kier alpha value is -3.50. The van der Waals surface area contributed by atoms with Crippen molar-refractivity contribution in [3.63, 3.8) is 0 Å². The van der Waals surface area contributed by atoms with Crippen LogP contribution in [0.25, 0.3) is 11.3 Å². The van der Waals surface area contributed by atoms with Crippen LogP contribution in [-0.2, 0) is 9.47 Å². The summed E-state index contributed by atoms with van der Waals surface area (Å²) in [5, 5.41) is 5.57. The number of hydrogen-bond donors (Lipinski definition) is 2. The number of thiocarbonyl (C=S) groups is 1. The second kappa shape index (κ2) is 11.3. The van der Waals surface area contributed by atoms with E-state index in [1.165, 1.54) is 0 Å². The lowest BCUT2D eigenvalue weighted by Crippen LogP contribution is -2.34. The Kier molecular flexibility index (Phi) is 8.42.